The van der Waals surface area contributed by atoms with E-state index >= 15 is 0 Å². The molecule has 9 nitrogen and oxygen atoms in total. The van der Waals surface area contributed by atoms with Crippen molar-refractivity contribution in [2.24, 2.45) is 0 Å². The average molecular weight is 503 g/mol. The number of rotatable bonds is 14. The van der Waals surface area contributed by atoms with E-state index in [-0.39, 0.29) is 24.8 Å². The Morgan fingerprint density at radius 1 is 1.00 bits per heavy atom. The van der Waals surface area contributed by atoms with Crippen LogP contribution in [0.2, 0.25) is 0 Å². The molecule has 1 heterocycles. The molecule has 0 N–H and O–H groups in total. The Morgan fingerprint density at radius 2 is 1.72 bits per heavy atom. The van der Waals surface area contributed by atoms with Crippen molar-refractivity contribution in [1.82, 2.24) is 9.47 Å². The van der Waals surface area contributed by atoms with Gasteiger partial charge in [-0.25, -0.2) is 4.79 Å². The van der Waals surface area contributed by atoms with Crippen molar-refractivity contribution >= 4 is 17.7 Å². The SMILES string of the molecule is CCOCCCN(CC(=O)c1c(C)c(C(=O)OCC)n(CC)c1C)C(=O)c1ccc(OC)cc1OC. The number of ketones is 1. The molecule has 0 fully saturated rings. The number of methoxy groups -OCH3 is 2. The Balaban J connectivity index is 2.43. The van der Waals surface area contributed by atoms with Gasteiger partial charge in [-0.1, -0.05) is 0 Å². The third-order valence-corrected chi connectivity index (χ3v) is 6.01. The van der Waals surface area contributed by atoms with Gasteiger partial charge < -0.3 is 28.4 Å². The molecule has 1 amide bonds. The van der Waals surface area contributed by atoms with E-state index in [1.165, 1.54) is 19.1 Å². The molecule has 0 saturated heterocycles. The number of hydrogen-bond donors (Lipinski definition) is 0. The Bertz CT molecular complexity index is 1070. The van der Waals surface area contributed by atoms with Crippen molar-refractivity contribution in [3.63, 3.8) is 0 Å². The van der Waals surface area contributed by atoms with E-state index in [1.54, 1.807) is 43.5 Å². The van der Waals surface area contributed by atoms with Crippen molar-refractivity contribution in [1.29, 1.82) is 0 Å². The molecule has 1 aromatic heterocycles. The highest BCUT2D eigenvalue weighted by atomic mass is 16.5. The zero-order valence-corrected chi connectivity index (χ0v) is 22.4. The summed E-state index contributed by atoms with van der Waals surface area (Å²) >= 11 is 0. The monoisotopic (exact) mass is 502 g/mol. The predicted octanol–water partition coefficient (Wildman–Crippen LogP) is 4.07. The Kier molecular flexibility index (Phi) is 11.0. The number of ether oxygens (including phenoxy) is 4. The molecule has 0 spiro atoms. The summed E-state index contributed by atoms with van der Waals surface area (Å²) < 4.78 is 23.1. The fourth-order valence-electron chi connectivity index (χ4n) is 4.32. The van der Waals surface area contributed by atoms with Crippen LogP contribution in [0.15, 0.2) is 18.2 Å². The lowest BCUT2D eigenvalue weighted by molar-refractivity contribution is 0.0512. The normalized spacial score (nSPS) is 10.8. The average Bonchev–Trinajstić information content (AvgIpc) is 3.13. The van der Waals surface area contributed by atoms with Gasteiger partial charge >= 0.3 is 5.97 Å². The third-order valence-electron chi connectivity index (χ3n) is 6.01. The molecule has 9 heteroatoms. The minimum atomic E-state index is -0.466. The zero-order chi connectivity index (χ0) is 26.8. The van der Waals surface area contributed by atoms with Gasteiger partial charge in [0.2, 0.25) is 0 Å². The number of benzene rings is 1. The highest BCUT2D eigenvalue weighted by Gasteiger charge is 2.29. The maximum atomic E-state index is 13.6. The third kappa shape index (κ3) is 6.46. The molecule has 0 bridgehead atoms. The molecular formula is C27H38N2O7. The molecule has 0 aliphatic heterocycles. The first-order chi connectivity index (χ1) is 17.2. The summed E-state index contributed by atoms with van der Waals surface area (Å²) in [5.41, 5.74) is 2.36. The van der Waals surface area contributed by atoms with Crippen LogP contribution in [0.5, 0.6) is 11.5 Å². The summed E-state index contributed by atoms with van der Waals surface area (Å²) in [4.78, 5) is 41.3. The van der Waals surface area contributed by atoms with Gasteiger partial charge in [0.05, 0.1) is 32.9 Å². The first-order valence-corrected chi connectivity index (χ1v) is 12.2. The minimum absolute atomic E-state index is 0.155. The van der Waals surface area contributed by atoms with Crippen LogP contribution in [0.3, 0.4) is 0 Å². The number of carbonyl (C=O) groups excluding carboxylic acids is 3. The molecule has 36 heavy (non-hydrogen) atoms. The maximum Gasteiger partial charge on any atom is 0.355 e. The maximum absolute atomic E-state index is 13.6. The summed E-state index contributed by atoms with van der Waals surface area (Å²) in [6, 6.07) is 4.94. The van der Waals surface area contributed by atoms with Crippen molar-refractivity contribution in [3.8, 4) is 11.5 Å². The summed E-state index contributed by atoms with van der Waals surface area (Å²) in [6.07, 6.45) is 0.563. The van der Waals surface area contributed by atoms with Gasteiger partial charge in [0, 0.05) is 43.6 Å². The Labute approximate surface area is 213 Å². The van der Waals surface area contributed by atoms with Crippen LogP contribution in [0.25, 0.3) is 0 Å². The molecule has 0 radical (unpaired) electrons. The standard InChI is InChI=1S/C27H38N2O7/c1-8-29-19(5)24(18(4)25(29)27(32)36-10-3)22(30)17-28(14-11-15-35-9-2)26(31)21-13-12-20(33-6)16-23(21)34-7/h12-13,16H,8-11,14-15,17H2,1-7H3. The number of nitrogens with zero attached hydrogens (tertiary/aromatic N) is 2. The topological polar surface area (TPSA) is 96.3 Å². The van der Waals surface area contributed by atoms with Gasteiger partial charge in [-0.2, -0.15) is 0 Å². The summed E-state index contributed by atoms with van der Waals surface area (Å²) in [7, 11) is 3.01. The lowest BCUT2D eigenvalue weighted by Crippen LogP contribution is -2.37. The van der Waals surface area contributed by atoms with Crippen LogP contribution in [0.1, 0.15) is 69.7 Å². The van der Waals surface area contributed by atoms with Gasteiger partial charge in [0.25, 0.3) is 5.91 Å². The first kappa shape index (κ1) is 28.9. The van der Waals surface area contributed by atoms with E-state index < -0.39 is 5.97 Å². The number of amides is 1. The second-order valence-electron chi connectivity index (χ2n) is 8.17. The smallest absolute Gasteiger partial charge is 0.355 e. The summed E-state index contributed by atoms with van der Waals surface area (Å²) in [6.45, 7) is 11.0. The molecule has 1 aromatic carbocycles. The van der Waals surface area contributed by atoms with Gasteiger partial charge in [-0.15, -0.1) is 0 Å². The van der Waals surface area contributed by atoms with Crippen molar-refractivity contribution in [2.75, 3.05) is 47.1 Å². The molecule has 0 aliphatic rings. The van der Waals surface area contributed by atoms with Gasteiger partial charge in [0.1, 0.15) is 17.2 Å². The quantitative estimate of drug-likeness (QED) is 0.218. The highest BCUT2D eigenvalue weighted by Crippen LogP contribution is 2.27. The Hall–Kier alpha value is -3.33. The summed E-state index contributed by atoms with van der Waals surface area (Å²) in [5, 5.41) is 0. The van der Waals surface area contributed by atoms with Crippen LogP contribution < -0.4 is 9.47 Å². The van der Waals surface area contributed by atoms with E-state index in [4.69, 9.17) is 18.9 Å². The second-order valence-corrected chi connectivity index (χ2v) is 8.17. The van der Waals surface area contributed by atoms with E-state index in [0.29, 0.717) is 72.3 Å². The highest BCUT2D eigenvalue weighted by molar-refractivity contribution is 6.06. The molecule has 0 atom stereocenters. The zero-order valence-electron chi connectivity index (χ0n) is 22.4. The Morgan fingerprint density at radius 3 is 2.31 bits per heavy atom. The number of carbonyl (C=O) groups is 3. The molecule has 0 unspecified atom stereocenters. The lowest BCUT2D eigenvalue weighted by Gasteiger charge is -2.23. The van der Waals surface area contributed by atoms with Gasteiger partial charge in [-0.3, -0.25) is 9.59 Å². The van der Waals surface area contributed by atoms with Crippen molar-refractivity contribution in [3.05, 3.63) is 46.3 Å². The van der Waals surface area contributed by atoms with E-state index in [1.807, 2.05) is 13.8 Å². The van der Waals surface area contributed by atoms with Crippen LogP contribution >= 0.6 is 0 Å². The number of aromatic nitrogens is 1. The van der Waals surface area contributed by atoms with Crippen LogP contribution in [0.4, 0.5) is 0 Å². The van der Waals surface area contributed by atoms with Gasteiger partial charge in [0.15, 0.2) is 5.78 Å². The van der Waals surface area contributed by atoms with E-state index in [2.05, 4.69) is 0 Å². The first-order valence-electron chi connectivity index (χ1n) is 12.2. The molecular weight excluding hydrogens is 464 g/mol. The predicted molar refractivity (Wildman–Crippen MR) is 136 cm³/mol. The molecule has 2 rings (SSSR count). The molecule has 198 valence electrons. The lowest BCUT2D eigenvalue weighted by atomic mass is 10.0. The number of hydrogen-bond acceptors (Lipinski definition) is 7. The largest absolute Gasteiger partial charge is 0.497 e. The van der Waals surface area contributed by atoms with Gasteiger partial charge in [-0.05, 0) is 58.7 Å². The molecule has 0 aliphatic carbocycles. The number of esters is 1. The number of Topliss-reactive ketones (excluding diaryl/α,β-unsaturated/α-hetero) is 1. The fourth-order valence-corrected chi connectivity index (χ4v) is 4.32. The molecule has 2 aromatic rings. The van der Waals surface area contributed by atoms with Crippen LogP contribution in [0, 0.1) is 13.8 Å². The van der Waals surface area contributed by atoms with E-state index in [0.717, 1.165) is 0 Å². The van der Waals surface area contributed by atoms with Crippen molar-refractivity contribution < 1.29 is 33.3 Å². The fraction of sp³-hybridized carbons (Fsp3) is 0.519. The van der Waals surface area contributed by atoms with Crippen LogP contribution in [-0.2, 0) is 16.0 Å². The van der Waals surface area contributed by atoms with Crippen LogP contribution in [-0.4, -0.2) is 74.3 Å². The molecule has 0 saturated carbocycles. The van der Waals surface area contributed by atoms with E-state index in [9.17, 15) is 14.4 Å². The van der Waals surface area contributed by atoms with Crippen molar-refractivity contribution in [2.45, 2.75) is 47.6 Å². The summed E-state index contributed by atoms with van der Waals surface area (Å²) in [5.74, 6) is -0.140. The second kappa shape index (κ2) is 13.7. The minimum Gasteiger partial charge on any atom is -0.497 e.